The Balaban J connectivity index is 2.61. The zero-order valence-corrected chi connectivity index (χ0v) is 8.50. The first kappa shape index (κ1) is 10.0. The minimum atomic E-state index is -0.871. The summed E-state index contributed by atoms with van der Waals surface area (Å²) in [5.41, 5.74) is -0.871. The van der Waals surface area contributed by atoms with Crippen LogP contribution in [0.1, 0.15) is 33.1 Å². The summed E-state index contributed by atoms with van der Waals surface area (Å²) in [6, 6.07) is 2.41. The maximum absolute atomic E-state index is 11.7. The topological polar surface area (TPSA) is 44.1 Å². The van der Waals surface area contributed by atoms with E-state index >= 15 is 0 Å². The van der Waals surface area contributed by atoms with Gasteiger partial charge in [-0.25, -0.2) is 0 Å². The third-order valence-electron chi connectivity index (χ3n) is 2.76. The lowest BCUT2D eigenvalue weighted by molar-refractivity contribution is -0.139. The van der Waals surface area contributed by atoms with Gasteiger partial charge >= 0.3 is 0 Å². The number of hydrogen-bond donors (Lipinski definition) is 0. The van der Waals surface area contributed by atoms with E-state index in [9.17, 15) is 4.79 Å². The Morgan fingerprint density at radius 2 is 2.08 bits per heavy atom. The molecule has 0 aromatic rings. The molecular weight excluding hydrogens is 164 g/mol. The van der Waals surface area contributed by atoms with Crippen LogP contribution in [0.2, 0.25) is 0 Å². The third kappa shape index (κ3) is 1.82. The standard InChI is InChI=1S/C10H16N2O/c1-10(2,7-11)9(13)12(3)8-5-4-6-8/h8H,4-6H2,1-3H3. The highest BCUT2D eigenvalue weighted by molar-refractivity contribution is 5.84. The van der Waals surface area contributed by atoms with Crippen molar-refractivity contribution in [3.63, 3.8) is 0 Å². The van der Waals surface area contributed by atoms with Crippen molar-refractivity contribution in [2.75, 3.05) is 7.05 Å². The van der Waals surface area contributed by atoms with E-state index in [0.717, 1.165) is 12.8 Å². The molecule has 3 nitrogen and oxygen atoms in total. The molecule has 1 aliphatic rings. The predicted octanol–water partition coefficient (Wildman–Crippen LogP) is 1.55. The molecule has 0 radical (unpaired) electrons. The van der Waals surface area contributed by atoms with E-state index < -0.39 is 5.41 Å². The number of amides is 1. The van der Waals surface area contributed by atoms with Crippen molar-refractivity contribution in [2.24, 2.45) is 5.41 Å². The van der Waals surface area contributed by atoms with Crippen molar-refractivity contribution in [3.05, 3.63) is 0 Å². The normalized spacial score (nSPS) is 17.4. The minimum Gasteiger partial charge on any atom is -0.341 e. The summed E-state index contributed by atoms with van der Waals surface area (Å²) in [7, 11) is 1.80. The molecule has 1 saturated carbocycles. The Hall–Kier alpha value is -1.04. The van der Waals surface area contributed by atoms with Crippen LogP contribution in [0.5, 0.6) is 0 Å². The molecule has 0 atom stereocenters. The summed E-state index contributed by atoms with van der Waals surface area (Å²) in [6.07, 6.45) is 3.38. The van der Waals surface area contributed by atoms with E-state index in [1.165, 1.54) is 6.42 Å². The van der Waals surface area contributed by atoms with Crippen LogP contribution in [0.3, 0.4) is 0 Å². The van der Waals surface area contributed by atoms with Crippen LogP contribution in [0.4, 0.5) is 0 Å². The van der Waals surface area contributed by atoms with Gasteiger partial charge in [-0.05, 0) is 33.1 Å². The van der Waals surface area contributed by atoms with E-state index in [-0.39, 0.29) is 5.91 Å². The van der Waals surface area contributed by atoms with Gasteiger partial charge in [-0.3, -0.25) is 4.79 Å². The Kier molecular flexibility index (Phi) is 2.60. The first-order valence-electron chi connectivity index (χ1n) is 4.67. The number of rotatable bonds is 2. The van der Waals surface area contributed by atoms with Gasteiger partial charge in [0.05, 0.1) is 6.07 Å². The van der Waals surface area contributed by atoms with Gasteiger partial charge in [0.25, 0.3) is 0 Å². The Labute approximate surface area is 79.3 Å². The summed E-state index contributed by atoms with van der Waals surface area (Å²) in [4.78, 5) is 13.5. The van der Waals surface area contributed by atoms with Crippen LogP contribution in [0, 0.1) is 16.7 Å². The lowest BCUT2D eigenvalue weighted by atomic mass is 9.88. The van der Waals surface area contributed by atoms with Gasteiger partial charge in [-0.2, -0.15) is 5.26 Å². The van der Waals surface area contributed by atoms with Gasteiger partial charge in [0.1, 0.15) is 5.41 Å². The van der Waals surface area contributed by atoms with Crippen molar-refractivity contribution >= 4 is 5.91 Å². The molecule has 0 aliphatic heterocycles. The molecule has 13 heavy (non-hydrogen) atoms. The van der Waals surface area contributed by atoms with Gasteiger partial charge in [-0.1, -0.05) is 0 Å². The molecular formula is C10H16N2O. The van der Waals surface area contributed by atoms with Gasteiger partial charge in [0.15, 0.2) is 0 Å². The molecule has 1 amide bonds. The Morgan fingerprint density at radius 1 is 1.54 bits per heavy atom. The second-order valence-electron chi connectivity index (χ2n) is 4.24. The quantitative estimate of drug-likeness (QED) is 0.647. The average molecular weight is 180 g/mol. The highest BCUT2D eigenvalue weighted by Crippen LogP contribution is 2.27. The maximum atomic E-state index is 11.7. The molecule has 1 fully saturated rings. The monoisotopic (exact) mass is 180 g/mol. The number of hydrogen-bond acceptors (Lipinski definition) is 2. The minimum absolute atomic E-state index is 0.0558. The summed E-state index contributed by atoms with van der Waals surface area (Å²) in [5.74, 6) is -0.0558. The van der Waals surface area contributed by atoms with E-state index in [4.69, 9.17) is 5.26 Å². The molecule has 0 saturated heterocycles. The number of nitriles is 1. The highest BCUT2D eigenvalue weighted by Gasteiger charge is 2.35. The van der Waals surface area contributed by atoms with E-state index in [0.29, 0.717) is 6.04 Å². The van der Waals surface area contributed by atoms with Crippen LogP contribution in [-0.2, 0) is 4.79 Å². The molecule has 0 aromatic carbocycles. The van der Waals surface area contributed by atoms with Crippen LogP contribution in [0.25, 0.3) is 0 Å². The molecule has 72 valence electrons. The fraction of sp³-hybridized carbons (Fsp3) is 0.800. The van der Waals surface area contributed by atoms with Gasteiger partial charge in [0.2, 0.25) is 5.91 Å². The second-order valence-corrected chi connectivity index (χ2v) is 4.24. The average Bonchev–Trinajstić information content (AvgIpc) is 1.99. The lowest BCUT2D eigenvalue weighted by Gasteiger charge is -2.37. The molecule has 0 N–H and O–H groups in total. The van der Waals surface area contributed by atoms with Gasteiger partial charge in [-0.15, -0.1) is 0 Å². The SMILES string of the molecule is CN(C(=O)C(C)(C)C#N)C1CCC1. The molecule has 0 bridgehead atoms. The molecule has 0 unspecified atom stereocenters. The van der Waals surface area contributed by atoms with E-state index in [2.05, 4.69) is 0 Å². The lowest BCUT2D eigenvalue weighted by Crippen LogP contribution is -2.46. The summed E-state index contributed by atoms with van der Waals surface area (Å²) in [6.45, 7) is 3.34. The summed E-state index contributed by atoms with van der Waals surface area (Å²) in [5, 5.41) is 8.79. The van der Waals surface area contributed by atoms with Crippen LogP contribution in [0.15, 0.2) is 0 Å². The second kappa shape index (κ2) is 3.37. The van der Waals surface area contributed by atoms with Crippen molar-refractivity contribution in [1.82, 2.24) is 4.90 Å². The van der Waals surface area contributed by atoms with Crippen LogP contribution < -0.4 is 0 Å². The van der Waals surface area contributed by atoms with Crippen molar-refractivity contribution in [1.29, 1.82) is 5.26 Å². The zero-order chi connectivity index (χ0) is 10.1. The molecule has 0 spiro atoms. The van der Waals surface area contributed by atoms with E-state index in [1.54, 1.807) is 25.8 Å². The first-order chi connectivity index (χ1) is 5.99. The van der Waals surface area contributed by atoms with Crippen LogP contribution in [-0.4, -0.2) is 23.9 Å². The highest BCUT2D eigenvalue weighted by atomic mass is 16.2. The third-order valence-corrected chi connectivity index (χ3v) is 2.76. The van der Waals surface area contributed by atoms with Crippen molar-refractivity contribution in [2.45, 2.75) is 39.2 Å². The first-order valence-corrected chi connectivity index (χ1v) is 4.67. The number of carbonyl (C=O) groups excluding carboxylic acids is 1. The molecule has 0 heterocycles. The number of carbonyl (C=O) groups is 1. The van der Waals surface area contributed by atoms with Crippen molar-refractivity contribution in [3.8, 4) is 6.07 Å². The van der Waals surface area contributed by atoms with E-state index in [1.807, 2.05) is 6.07 Å². The zero-order valence-electron chi connectivity index (χ0n) is 8.50. The fourth-order valence-corrected chi connectivity index (χ4v) is 1.43. The fourth-order valence-electron chi connectivity index (χ4n) is 1.43. The molecule has 0 aromatic heterocycles. The smallest absolute Gasteiger partial charge is 0.242 e. The maximum Gasteiger partial charge on any atom is 0.242 e. The largest absolute Gasteiger partial charge is 0.341 e. The van der Waals surface area contributed by atoms with Gasteiger partial charge < -0.3 is 4.90 Å². The predicted molar refractivity (Wildman–Crippen MR) is 49.8 cm³/mol. The molecule has 3 heteroatoms. The molecule has 1 aliphatic carbocycles. The Bertz CT molecular complexity index is 248. The summed E-state index contributed by atoms with van der Waals surface area (Å²) < 4.78 is 0. The van der Waals surface area contributed by atoms with Crippen LogP contribution >= 0.6 is 0 Å². The van der Waals surface area contributed by atoms with Gasteiger partial charge in [0, 0.05) is 13.1 Å². The summed E-state index contributed by atoms with van der Waals surface area (Å²) >= 11 is 0. The Morgan fingerprint density at radius 3 is 2.38 bits per heavy atom. The molecule has 1 rings (SSSR count). The van der Waals surface area contributed by atoms with Crippen molar-refractivity contribution < 1.29 is 4.79 Å². The number of nitrogens with zero attached hydrogens (tertiary/aromatic N) is 2.